The van der Waals surface area contributed by atoms with Gasteiger partial charge < -0.3 is 19.7 Å². The van der Waals surface area contributed by atoms with Crippen LogP contribution in [-0.2, 0) is 9.59 Å². The second kappa shape index (κ2) is 14.1. The van der Waals surface area contributed by atoms with Gasteiger partial charge in [0.2, 0.25) is 5.91 Å². The van der Waals surface area contributed by atoms with Crippen molar-refractivity contribution in [1.29, 1.82) is 0 Å². The summed E-state index contributed by atoms with van der Waals surface area (Å²) in [6.07, 6.45) is 13.0. The van der Waals surface area contributed by atoms with E-state index in [0.29, 0.717) is 30.3 Å². The van der Waals surface area contributed by atoms with Crippen molar-refractivity contribution in [3.63, 3.8) is 0 Å². The van der Waals surface area contributed by atoms with Crippen LogP contribution in [0.2, 0.25) is 0 Å². The Morgan fingerprint density at radius 3 is 1.88 bits per heavy atom. The highest BCUT2D eigenvalue weighted by atomic mass is 16.4. The third-order valence-corrected chi connectivity index (χ3v) is 4.69. The maximum Gasteiger partial charge on any atom is 0.219 e. The van der Waals surface area contributed by atoms with Gasteiger partial charge in [0.15, 0.2) is 0 Å². The molecule has 5 heteroatoms. The maximum atomic E-state index is 11.8. The Morgan fingerprint density at radius 1 is 0.880 bits per heavy atom. The third-order valence-electron chi connectivity index (χ3n) is 4.69. The number of likely N-dealkylation sites (N-methyl/N-ethyl adjacent to an activating group) is 1. The van der Waals surface area contributed by atoms with Gasteiger partial charge in [0, 0.05) is 19.4 Å². The lowest BCUT2D eigenvalue weighted by Crippen LogP contribution is -2.54. The fourth-order valence-electron chi connectivity index (χ4n) is 3.03. The molecular weight excluding hydrogens is 316 g/mol. The number of rotatable bonds is 16. The minimum atomic E-state index is -1.02. The molecule has 1 unspecified atom stereocenters. The van der Waals surface area contributed by atoms with Crippen LogP contribution in [0.5, 0.6) is 0 Å². The number of carbonyl (C=O) groups excluding carboxylic acids is 2. The minimum absolute atomic E-state index is 0.0817. The van der Waals surface area contributed by atoms with Crippen LogP contribution in [0.4, 0.5) is 0 Å². The molecule has 5 nitrogen and oxygen atoms in total. The van der Waals surface area contributed by atoms with Crippen molar-refractivity contribution in [2.75, 3.05) is 27.7 Å². The minimum Gasteiger partial charge on any atom is -0.544 e. The number of carbonyl (C=O) groups is 2. The Bertz CT molecular complexity index is 364. The predicted molar refractivity (Wildman–Crippen MR) is 101 cm³/mol. The fraction of sp³-hybridized carbons (Fsp3) is 0.900. The summed E-state index contributed by atoms with van der Waals surface area (Å²) in [5.74, 6) is -0.938. The first kappa shape index (κ1) is 23.9. The van der Waals surface area contributed by atoms with Gasteiger partial charge in [-0.15, -0.1) is 0 Å². The number of hydrogen-bond donors (Lipinski definition) is 1. The Hall–Kier alpha value is -1.10. The largest absolute Gasteiger partial charge is 0.544 e. The van der Waals surface area contributed by atoms with Crippen LogP contribution in [0.1, 0.15) is 84.0 Å². The highest BCUT2D eigenvalue weighted by Crippen LogP contribution is 2.11. The molecule has 0 aromatic rings. The van der Waals surface area contributed by atoms with Crippen molar-refractivity contribution in [1.82, 2.24) is 5.32 Å². The number of carboxylic acids is 1. The fourth-order valence-corrected chi connectivity index (χ4v) is 3.03. The molecule has 0 aliphatic carbocycles. The van der Waals surface area contributed by atoms with Crippen molar-refractivity contribution < 1.29 is 19.2 Å². The molecule has 1 N–H and O–H groups in total. The highest BCUT2D eigenvalue weighted by molar-refractivity contribution is 5.75. The molecular formula is C20H40N2O3. The molecule has 1 amide bonds. The number of amides is 1. The van der Waals surface area contributed by atoms with Crippen LogP contribution in [-0.4, -0.2) is 50.1 Å². The SMILES string of the molecule is CCCCCCCCCCCC(=O)NCCCC(C(=O)[O-])[N+](C)(C)C. The molecule has 0 aromatic heterocycles. The molecule has 25 heavy (non-hydrogen) atoms. The normalized spacial score (nSPS) is 12.8. The standard InChI is InChI=1S/C20H40N2O3/c1-5-6-7-8-9-10-11-12-13-16-19(23)21-17-14-15-18(20(24)25)22(2,3)4/h18H,5-17H2,1-4H3,(H-,21,23,24,25). The van der Waals surface area contributed by atoms with Crippen molar-refractivity contribution in [3.05, 3.63) is 0 Å². The van der Waals surface area contributed by atoms with Crippen molar-refractivity contribution in [3.8, 4) is 0 Å². The monoisotopic (exact) mass is 356 g/mol. The lowest BCUT2D eigenvalue weighted by Gasteiger charge is -2.34. The molecule has 0 saturated heterocycles. The van der Waals surface area contributed by atoms with E-state index in [2.05, 4.69) is 12.2 Å². The van der Waals surface area contributed by atoms with E-state index in [9.17, 15) is 14.7 Å². The second-order valence-electron chi connectivity index (χ2n) is 8.02. The number of aliphatic carboxylic acids is 1. The van der Waals surface area contributed by atoms with Crippen LogP contribution in [0, 0.1) is 0 Å². The van der Waals surface area contributed by atoms with E-state index in [4.69, 9.17) is 0 Å². The summed E-state index contributed by atoms with van der Waals surface area (Å²) in [5, 5.41) is 14.1. The van der Waals surface area contributed by atoms with Gasteiger partial charge in [0.1, 0.15) is 6.04 Å². The molecule has 0 saturated carbocycles. The Kier molecular flexibility index (Phi) is 13.5. The van der Waals surface area contributed by atoms with Crippen LogP contribution in [0.25, 0.3) is 0 Å². The number of nitrogens with zero attached hydrogens (tertiary/aromatic N) is 1. The zero-order valence-electron chi connectivity index (χ0n) is 16.9. The summed E-state index contributed by atoms with van der Waals surface area (Å²) in [5.41, 5.74) is 0. The predicted octanol–water partition coefficient (Wildman–Crippen LogP) is 2.63. The van der Waals surface area contributed by atoms with Gasteiger partial charge in [-0.3, -0.25) is 4.79 Å². The van der Waals surface area contributed by atoms with Crippen LogP contribution in [0.15, 0.2) is 0 Å². The van der Waals surface area contributed by atoms with Crippen LogP contribution < -0.4 is 10.4 Å². The molecule has 0 fully saturated rings. The van der Waals surface area contributed by atoms with Crippen molar-refractivity contribution in [2.24, 2.45) is 0 Å². The molecule has 0 heterocycles. The van der Waals surface area contributed by atoms with E-state index < -0.39 is 12.0 Å². The van der Waals surface area contributed by atoms with E-state index in [1.165, 1.54) is 44.9 Å². The molecule has 0 aromatic carbocycles. The smallest absolute Gasteiger partial charge is 0.219 e. The second-order valence-corrected chi connectivity index (χ2v) is 8.02. The lowest BCUT2D eigenvalue weighted by atomic mass is 10.1. The Balaban J connectivity index is 3.57. The summed E-state index contributed by atoms with van der Waals surface area (Å²) < 4.78 is 0.342. The molecule has 0 aliphatic heterocycles. The van der Waals surface area contributed by atoms with Crippen LogP contribution >= 0.6 is 0 Å². The van der Waals surface area contributed by atoms with Gasteiger partial charge in [0.25, 0.3) is 0 Å². The van der Waals surface area contributed by atoms with Gasteiger partial charge >= 0.3 is 0 Å². The van der Waals surface area contributed by atoms with Crippen molar-refractivity contribution >= 4 is 11.9 Å². The quantitative estimate of drug-likeness (QED) is 0.341. The summed E-state index contributed by atoms with van der Waals surface area (Å²) in [6.45, 7) is 2.77. The number of quaternary nitrogens is 1. The van der Waals surface area contributed by atoms with Crippen LogP contribution in [0.3, 0.4) is 0 Å². The van der Waals surface area contributed by atoms with Gasteiger partial charge in [-0.25, -0.2) is 0 Å². The third kappa shape index (κ3) is 13.8. The summed E-state index contributed by atoms with van der Waals surface area (Å²) in [6, 6.07) is -0.533. The molecule has 148 valence electrons. The molecule has 1 atom stereocenters. The van der Waals surface area contributed by atoms with E-state index in [1.807, 2.05) is 21.1 Å². The van der Waals surface area contributed by atoms with E-state index in [0.717, 1.165) is 12.8 Å². The number of nitrogens with one attached hydrogen (secondary N) is 1. The van der Waals surface area contributed by atoms with Gasteiger partial charge in [-0.1, -0.05) is 58.3 Å². The first-order valence-corrected chi connectivity index (χ1v) is 10.1. The summed E-state index contributed by atoms with van der Waals surface area (Å²) in [4.78, 5) is 22.9. The molecule has 0 radical (unpaired) electrons. The number of carboxylic acid groups (broad SMARTS) is 1. The Labute approximate surface area is 154 Å². The summed E-state index contributed by atoms with van der Waals surface area (Å²) >= 11 is 0. The average molecular weight is 357 g/mol. The van der Waals surface area contributed by atoms with E-state index >= 15 is 0 Å². The average Bonchev–Trinajstić information content (AvgIpc) is 2.51. The first-order valence-electron chi connectivity index (χ1n) is 10.1. The number of hydrogen-bond acceptors (Lipinski definition) is 3. The van der Waals surface area contributed by atoms with Crippen molar-refractivity contribution in [2.45, 2.75) is 90.0 Å². The zero-order valence-corrected chi connectivity index (χ0v) is 16.9. The topological polar surface area (TPSA) is 69.2 Å². The Morgan fingerprint density at radius 2 is 1.40 bits per heavy atom. The molecule has 0 rings (SSSR count). The zero-order chi connectivity index (χ0) is 19.1. The summed E-state index contributed by atoms with van der Waals surface area (Å²) in [7, 11) is 5.55. The van der Waals surface area contributed by atoms with E-state index in [1.54, 1.807) is 0 Å². The van der Waals surface area contributed by atoms with Gasteiger partial charge in [-0.05, 0) is 12.8 Å². The highest BCUT2D eigenvalue weighted by Gasteiger charge is 2.24. The molecule has 0 bridgehead atoms. The number of unbranched alkanes of at least 4 members (excludes halogenated alkanes) is 8. The lowest BCUT2D eigenvalue weighted by molar-refractivity contribution is -0.889. The molecule has 0 aliphatic rings. The first-order chi connectivity index (χ1) is 11.8. The maximum absolute atomic E-state index is 11.8. The van der Waals surface area contributed by atoms with Gasteiger partial charge in [0.05, 0.1) is 27.1 Å². The molecule has 0 spiro atoms. The van der Waals surface area contributed by atoms with Gasteiger partial charge in [-0.2, -0.15) is 0 Å². The van der Waals surface area contributed by atoms with E-state index in [-0.39, 0.29) is 5.91 Å².